The number of aliphatic hydroxyl groups excluding tert-OH is 1. The highest BCUT2D eigenvalue weighted by Gasteiger charge is 2.52. The standard InChI is InChI=1S/C36H39N3O5/c1-25(9-8-15-34(42)38-23-28-11-3-2-10-27(28)21-30(38)24-40)36(44)31-12-4-5-13-32(31)39(35(36)43)22-26-16-18-29(19-17-26)37-20-7-6-14-33(37)41/h2-5,8-13,16-19,25,30,40,44H,6-7,14-15,20-24H2,1H3/b9-8+/t25-,30+,36+/m1/s1. The van der Waals surface area contributed by atoms with Gasteiger partial charge in [-0.2, -0.15) is 0 Å². The summed E-state index contributed by atoms with van der Waals surface area (Å²) in [6.45, 7) is 3.12. The van der Waals surface area contributed by atoms with Crippen molar-refractivity contribution in [1.29, 1.82) is 0 Å². The van der Waals surface area contributed by atoms with Crippen LogP contribution >= 0.6 is 0 Å². The van der Waals surface area contributed by atoms with Crippen LogP contribution in [-0.4, -0.2) is 52.0 Å². The van der Waals surface area contributed by atoms with Crippen LogP contribution in [0.2, 0.25) is 0 Å². The molecule has 0 aromatic heterocycles. The molecule has 3 heterocycles. The number of benzene rings is 3. The van der Waals surface area contributed by atoms with Gasteiger partial charge in [-0.25, -0.2) is 0 Å². The van der Waals surface area contributed by atoms with E-state index in [9.17, 15) is 24.6 Å². The lowest BCUT2D eigenvalue weighted by molar-refractivity contribution is -0.139. The van der Waals surface area contributed by atoms with Gasteiger partial charge in [-0.05, 0) is 54.2 Å². The van der Waals surface area contributed by atoms with Gasteiger partial charge in [0.25, 0.3) is 5.91 Å². The fourth-order valence-electron chi connectivity index (χ4n) is 6.77. The van der Waals surface area contributed by atoms with Crippen LogP contribution in [-0.2, 0) is 39.5 Å². The zero-order chi connectivity index (χ0) is 30.8. The molecule has 0 aliphatic carbocycles. The van der Waals surface area contributed by atoms with Crippen molar-refractivity contribution in [3.8, 4) is 0 Å². The molecule has 0 saturated carbocycles. The van der Waals surface area contributed by atoms with E-state index < -0.39 is 17.4 Å². The van der Waals surface area contributed by atoms with Crippen molar-refractivity contribution >= 4 is 29.1 Å². The van der Waals surface area contributed by atoms with Crippen molar-refractivity contribution in [2.45, 2.75) is 63.8 Å². The Bertz CT molecular complexity index is 1580. The van der Waals surface area contributed by atoms with Gasteiger partial charge >= 0.3 is 0 Å². The van der Waals surface area contributed by atoms with Gasteiger partial charge in [-0.15, -0.1) is 0 Å². The molecule has 0 unspecified atom stereocenters. The maximum Gasteiger partial charge on any atom is 0.264 e. The lowest BCUT2D eigenvalue weighted by atomic mass is 9.83. The normalized spacial score (nSPS) is 22.3. The highest BCUT2D eigenvalue weighted by molar-refractivity contribution is 6.07. The summed E-state index contributed by atoms with van der Waals surface area (Å²) in [6, 6.07) is 22.7. The smallest absolute Gasteiger partial charge is 0.264 e. The van der Waals surface area contributed by atoms with Gasteiger partial charge in [0.15, 0.2) is 5.60 Å². The average Bonchev–Trinajstić information content (AvgIpc) is 3.27. The van der Waals surface area contributed by atoms with Crippen molar-refractivity contribution in [1.82, 2.24) is 4.90 Å². The van der Waals surface area contributed by atoms with Crippen LogP contribution in [0.5, 0.6) is 0 Å². The van der Waals surface area contributed by atoms with E-state index >= 15 is 0 Å². The van der Waals surface area contributed by atoms with Crippen LogP contribution in [0.4, 0.5) is 11.4 Å². The molecule has 3 aromatic carbocycles. The second kappa shape index (κ2) is 12.4. The van der Waals surface area contributed by atoms with E-state index in [-0.39, 0.29) is 37.4 Å². The number of amides is 3. The summed E-state index contributed by atoms with van der Waals surface area (Å²) in [6.07, 6.45) is 6.65. The zero-order valence-corrected chi connectivity index (χ0v) is 25.1. The largest absolute Gasteiger partial charge is 0.394 e. The van der Waals surface area contributed by atoms with Gasteiger partial charge in [0, 0.05) is 43.1 Å². The van der Waals surface area contributed by atoms with Crippen LogP contribution in [0, 0.1) is 5.92 Å². The summed E-state index contributed by atoms with van der Waals surface area (Å²) in [5.74, 6) is -0.984. The van der Waals surface area contributed by atoms with E-state index in [0.717, 1.165) is 35.2 Å². The van der Waals surface area contributed by atoms with Crippen molar-refractivity contribution in [3.05, 3.63) is 107 Å². The Balaban J connectivity index is 1.15. The Morgan fingerprint density at radius 3 is 2.48 bits per heavy atom. The fraction of sp³-hybridized carbons (Fsp3) is 0.361. The Morgan fingerprint density at radius 1 is 1.00 bits per heavy atom. The van der Waals surface area contributed by atoms with Crippen molar-refractivity contribution < 1.29 is 24.6 Å². The zero-order valence-electron chi connectivity index (χ0n) is 25.1. The number of para-hydroxylation sites is 1. The van der Waals surface area contributed by atoms with E-state index in [2.05, 4.69) is 0 Å². The lowest BCUT2D eigenvalue weighted by Crippen LogP contribution is -2.46. The molecule has 1 saturated heterocycles. The fourth-order valence-corrected chi connectivity index (χ4v) is 6.77. The Kier molecular flexibility index (Phi) is 8.38. The third kappa shape index (κ3) is 5.44. The summed E-state index contributed by atoms with van der Waals surface area (Å²) < 4.78 is 0. The number of nitrogens with zero attached hydrogens (tertiary/aromatic N) is 3. The quantitative estimate of drug-likeness (QED) is 0.376. The number of anilines is 2. The van der Waals surface area contributed by atoms with Crippen LogP contribution in [0.3, 0.4) is 0 Å². The molecule has 3 amide bonds. The molecule has 0 spiro atoms. The number of fused-ring (bicyclic) bond motifs is 2. The lowest BCUT2D eigenvalue weighted by Gasteiger charge is -2.36. The number of carbonyl (C=O) groups excluding carboxylic acids is 3. The first-order valence-electron chi connectivity index (χ1n) is 15.5. The number of carbonyl (C=O) groups is 3. The second-order valence-corrected chi connectivity index (χ2v) is 12.1. The van der Waals surface area contributed by atoms with Crippen LogP contribution in [0.15, 0.2) is 84.9 Å². The monoisotopic (exact) mass is 593 g/mol. The van der Waals surface area contributed by atoms with E-state index in [0.29, 0.717) is 37.2 Å². The van der Waals surface area contributed by atoms with Crippen molar-refractivity contribution in [3.63, 3.8) is 0 Å². The summed E-state index contributed by atoms with van der Waals surface area (Å²) in [7, 11) is 0. The summed E-state index contributed by atoms with van der Waals surface area (Å²) in [5, 5.41) is 21.9. The number of hydrogen-bond acceptors (Lipinski definition) is 5. The van der Waals surface area contributed by atoms with Crippen molar-refractivity contribution in [2.24, 2.45) is 5.92 Å². The molecule has 3 aliphatic heterocycles. The van der Waals surface area contributed by atoms with Gasteiger partial charge < -0.3 is 24.9 Å². The SMILES string of the molecule is C[C@H](/C=C/CC(=O)N1Cc2ccccc2C[C@H]1CO)[C@@]1(O)C(=O)N(Cc2ccc(N3CCCCC3=O)cc2)c2ccccc21. The molecular formula is C36H39N3O5. The van der Waals surface area contributed by atoms with E-state index in [1.165, 1.54) is 0 Å². The Labute approximate surface area is 258 Å². The van der Waals surface area contributed by atoms with Crippen LogP contribution in [0.1, 0.15) is 54.9 Å². The van der Waals surface area contributed by atoms with Gasteiger partial charge in [0.1, 0.15) is 0 Å². The first-order chi connectivity index (χ1) is 21.3. The summed E-state index contributed by atoms with van der Waals surface area (Å²) >= 11 is 0. The molecule has 44 heavy (non-hydrogen) atoms. The average molecular weight is 594 g/mol. The Hall–Kier alpha value is -4.27. The third-order valence-corrected chi connectivity index (χ3v) is 9.35. The van der Waals surface area contributed by atoms with Gasteiger partial charge in [-0.1, -0.05) is 73.7 Å². The van der Waals surface area contributed by atoms with Crippen molar-refractivity contribution in [2.75, 3.05) is 23.0 Å². The second-order valence-electron chi connectivity index (χ2n) is 12.1. The summed E-state index contributed by atoms with van der Waals surface area (Å²) in [4.78, 5) is 44.6. The molecule has 228 valence electrons. The topological polar surface area (TPSA) is 101 Å². The highest BCUT2D eigenvalue weighted by atomic mass is 16.3. The molecule has 1 fully saturated rings. The molecule has 0 bridgehead atoms. The van der Waals surface area contributed by atoms with Gasteiger partial charge in [-0.3, -0.25) is 14.4 Å². The molecule has 6 rings (SSSR count). The number of hydrogen-bond donors (Lipinski definition) is 2. The van der Waals surface area contributed by atoms with Crippen LogP contribution in [0.25, 0.3) is 0 Å². The number of piperidine rings is 1. The molecular weight excluding hydrogens is 554 g/mol. The predicted octanol–water partition coefficient (Wildman–Crippen LogP) is 4.47. The summed E-state index contributed by atoms with van der Waals surface area (Å²) in [5.41, 5.74) is 3.39. The maximum atomic E-state index is 13.9. The van der Waals surface area contributed by atoms with E-state index in [1.54, 1.807) is 34.9 Å². The van der Waals surface area contributed by atoms with E-state index in [1.807, 2.05) is 71.6 Å². The molecule has 2 N–H and O–H groups in total. The Morgan fingerprint density at radius 2 is 1.73 bits per heavy atom. The highest BCUT2D eigenvalue weighted by Crippen LogP contribution is 2.45. The molecule has 0 radical (unpaired) electrons. The first-order valence-corrected chi connectivity index (χ1v) is 15.5. The van der Waals surface area contributed by atoms with Gasteiger partial charge in [0.05, 0.1) is 24.9 Å². The number of rotatable bonds is 8. The molecule has 3 aromatic rings. The van der Waals surface area contributed by atoms with Crippen LogP contribution < -0.4 is 9.80 Å². The molecule has 8 nitrogen and oxygen atoms in total. The third-order valence-electron chi connectivity index (χ3n) is 9.35. The number of aliphatic hydroxyl groups is 2. The molecule has 3 aliphatic rings. The minimum absolute atomic E-state index is 0.102. The minimum Gasteiger partial charge on any atom is -0.394 e. The minimum atomic E-state index is -1.78. The van der Waals surface area contributed by atoms with E-state index in [4.69, 9.17) is 0 Å². The first kappa shape index (κ1) is 29.8. The maximum absolute atomic E-state index is 13.9. The molecule has 3 atom stereocenters. The molecule has 8 heteroatoms. The van der Waals surface area contributed by atoms with Gasteiger partial charge in [0.2, 0.25) is 11.8 Å². The predicted molar refractivity (Wildman–Crippen MR) is 169 cm³/mol.